The van der Waals surface area contributed by atoms with Crippen molar-refractivity contribution in [1.82, 2.24) is 4.98 Å². The van der Waals surface area contributed by atoms with E-state index in [0.29, 0.717) is 18.5 Å². The zero-order valence-electron chi connectivity index (χ0n) is 11.5. The van der Waals surface area contributed by atoms with E-state index in [1.54, 1.807) is 0 Å². The molecule has 0 bridgehead atoms. The van der Waals surface area contributed by atoms with Crippen LogP contribution in [-0.2, 0) is 0 Å². The number of anilines is 1. The van der Waals surface area contributed by atoms with Gasteiger partial charge in [-0.25, -0.2) is 0 Å². The maximum Gasteiger partial charge on any atom is 0.215 e. The van der Waals surface area contributed by atoms with E-state index in [0.717, 1.165) is 11.7 Å². The molecule has 1 aromatic heterocycles. The summed E-state index contributed by atoms with van der Waals surface area (Å²) >= 11 is 0. The Kier molecular flexibility index (Phi) is 4.85. The number of nitrogens with zero attached hydrogens (tertiary/aromatic N) is 1. The van der Waals surface area contributed by atoms with Crippen LogP contribution in [0.25, 0.3) is 0 Å². The Labute approximate surface area is 110 Å². The van der Waals surface area contributed by atoms with E-state index in [1.807, 2.05) is 25.1 Å². The minimum atomic E-state index is 0.553. The van der Waals surface area contributed by atoms with Crippen LogP contribution in [0.1, 0.15) is 46.0 Å². The number of hydrogen-bond acceptors (Lipinski definition) is 3. The molecule has 1 N–H and O–H groups in total. The van der Waals surface area contributed by atoms with Crippen molar-refractivity contribution in [2.75, 3.05) is 11.9 Å². The van der Waals surface area contributed by atoms with Crippen molar-refractivity contribution in [3.05, 3.63) is 18.2 Å². The predicted molar refractivity (Wildman–Crippen MR) is 75.1 cm³/mol. The molecule has 1 aliphatic rings. The Morgan fingerprint density at radius 2 is 2.11 bits per heavy atom. The smallest absolute Gasteiger partial charge is 0.215 e. The molecular formula is C15H24N2O. The first kappa shape index (κ1) is 13.2. The summed E-state index contributed by atoms with van der Waals surface area (Å²) in [7, 11) is 0. The van der Waals surface area contributed by atoms with Crippen molar-refractivity contribution in [2.45, 2.75) is 52.0 Å². The molecule has 1 saturated carbocycles. The molecule has 1 fully saturated rings. The van der Waals surface area contributed by atoms with E-state index in [2.05, 4.69) is 17.2 Å². The minimum Gasteiger partial charge on any atom is -0.478 e. The molecule has 2 rings (SSSR count). The van der Waals surface area contributed by atoms with E-state index in [1.165, 1.54) is 32.1 Å². The van der Waals surface area contributed by atoms with Crippen molar-refractivity contribution in [2.24, 2.45) is 5.92 Å². The van der Waals surface area contributed by atoms with E-state index < -0.39 is 0 Å². The molecule has 0 saturated heterocycles. The molecule has 2 unspecified atom stereocenters. The standard InChI is InChI=1S/C15H24N2O/c1-3-18-15-11-7-10-14(17-15)16-13-9-6-4-5-8-12(13)2/h7,10-13H,3-6,8-9H2,1-2H3,(H,16,17). The second kappa shape index (κ2) is 6.62. The van der Waals surface area contributed by atoms with Gasteiger partial charge >= 0.3 is 0 Å². The number of hydrogen-bond donors (Lipinski definition) is 1. The number of nitrogens with one attached hydrogen (secondary N) is 1. The maximum absolute atomic E-state index is 5.44. The van der Waals surface area contributed by atoms with Gasteiger partial charge in [-0.2, -0.15) is 4.98 Å². The summed E-state index contributed by atoms with van der Waals surface area (Å²) < 4.78 is 5.44. The van der Waals surface area contributed by atoms with Crippen LogP contribution in [0.5, 0.6) is 5.88 Å². The van der Waals surface area contributed by atoms with E-state index in [9.17, 15) is 0 Å². The zero-order valence-corrected chi connectivity index (χ0v) is 11.5. The molecular weight excluding hydrogens is 224 g/mol. The summed E-state index contributed by atoms with van der Waals surface area (Å²) in [6, 6.07) is 6.49. The molecule has 3 nitrogen and oxygen atoms in total. The number of ether oxygens (including phenoxy) is 1. The normalized spacial score (nSPS) is 24.3. The van der Waals surface area contributed by atoms with Gasteiger partial charge in [0.15, 0.2) is 0 Å². The van der Waals surface area contributed by atoms with Gasteiger partial charge in [0.2, 0.25) is 5.88 Å². The topological polar surface area (TPSA) is 34.1 Å². The molecule has 0 aliphatic heterocycles. The fourth-order valence-electron chi connectivity index (χ4n) is 2.62. The zero-order chi connectivity index (χ0) is 12.8. The molecule has 1 heterocycles. The lowest BCUT2D eigenvalue weighted by Crippen LogP contribution is -2.26. The Bertz CT molecular complexity index is 367. The lowest BCUT2D eigenvalue weighted by molar-refractivity contribution is 0.327. The van der Waals surface area contributed by atoms with Crippen LogP contribution < -0.4 is 10.1 Å². The predicted octanol–water partition coefficient (Wildman–Crippen LogP) is 3.86. The Morgan fingerprint density at radius 3 is 2.94 bits per heavy atom. The van der Waals surface area contributed by atoms with Crippen molar-refractivity contribution in [3.63, 3.8) is 0 Å². The summed E-state index contributed by atoms with van der Waals surface area (Å²) in [4.78, 5) is 4.49. The highest BCUT2D eigenvalue weighted by molar-refractivity contribution is 5.38. The lowest BCUT2D eigenvalue weighted by atomic mass is 9.97. The van der Waals surface area contributed by atoms with Gasteiger partial charge in [-0.3, -0.25) is 0 Å². The van der Waals surface area contributed by atoms with Crippen LogP contribution in [-0.4, -0.2) is 17.6 Å². The Morgan fingerprint density at radius 1 is 1.28 bits per heavy atom. The molecule has 0 spiro atoms. The van der Waals surface area contributed by atoms with E-state index in [-0.39, 0.29) is 0 Å². The van der Waals surface area contributed by atoms with Gasteiger partial charge in [0, 0.05) is 12.1 Å². The minimum absolute atomic E-state index is 0.553. The first-order valence-electron chi connectivity index (χ1n) is 7.16. The quantitative estimate of drug-likeness (QED) is 0.821. The van der Waals surface area contributed by atoms with E-state index in [4.69, 9.17) is 4.74 Å². The second-order valence-electron chi connectivity index (χ2n) is 5.16. The van der Waals surface area contributed by atoms with Crippen LogP contribution in [0.3, 0.4) is 0 Å². The van der Waals surface area contributed by atoms with Crippen molar-refractivity contribution in [3.8, 4) is 5.88 Å². The number of pyridine rings is 1. The third kappa shape index (κ3) is 3.62. The van der Waals surface area contributed by atoms with Crippen LogP contribution in [0.4, 0.5) is 5.82 Å². The summed E-state index contributed by atoms with van der Waals surface area (Å²) in [5, 5.41) is 3.58. The Hall–Kier alpha value is -1.25. The van der Waals surface area contributed by atoms with Gasteiger partial charge in [0.1, 0.15) is 5.82 Å². The second-order valence-corrected chi connectivity index (χ2v) is 5.16. The third-order valence-electron chi connectivity index (χ3n) is 3.71. The Balaban J connectivity index is 2.00. The van der Waals surface area contributed by atoms with Crippen molar-refractivity contribution in [1.29, 1.82) is 0 Å². The summed E-state index contributed by atoms with van der Waals surface area (Å²) in [5.41, 5.74) is 0. The molecule has 0 aromatic carbocycles. The highest BCUT2D eigenvalue weighted by Crippen LogP contribution is 2.25. The number of aromatic nitrogens is 1. The SMILES string of the molecule is CCOc1cccc(NC2CCCCCC2C)n1. The molecule has 100 valence electrons. The summed E-state index contributed by atoms with van der Waals surface area (Å²) in [5.74, 6) is 2.38. The molecule has 18 heavy (non-hydrogen) atoms. The van der Waals surface area contributed by atoms with E-state index >= 15 is 0 Å². The van der Waals surface area contributed by atoms with Gasteiger partial charge in [-0.1, -0.05) is 32.3 Å². The first-order chi connectivity index (χ1) is 8.79. The summed E-state index contributed by atoms with van der Waals surface area (Å²) in [6.45, 7) is 4.99. The highest BCUT2D eigenvalue weighted by Gasteiger charge is 2.19. The first-order valence-corrected chi connectivity index (χ1v) is 7.16. The molecule has 3 heteroatoms. The molecule has 0 radical (unpaired) electrons. The van der Waals surface area contributed by atoms with Gasteiger partial charge in [-0.15, -0.1) is 0 Å². The third-order valence-corrected chi connectivity index (χ3v) is 3.71. The van der Waals surface area contributed by atoms with Crippen LogP contribution in [0.15, 0.2) is 18.2 Å². The van der Waals surface area contributed by atoms with Gasteiger partial charge < -0.3 is 10.1 Å². The molecule has 1 aromatic rings. The fourth-order valence-corrected chi connectivity index (χ4v) is 2.62. The maximum atomic E-state index is 5.44. The highest BCUT2D eigenvalue weighted by atomic mass is 16.5. The van der Waals surface area contributed by atoms with Crippen LogP contribution in [0, 0.1) is 5.92 Å². The molecule has 2 atom stereocenters. The van der Waals surface area contributed by atoms with Crippen LogP contribution >= 0.6 is 0 Å². The lowest BCUT2D eigenvalue weighted by Gasteiger charge is -2.23. The average Bonchev–Trinajstić information content (AvgIpc) is 2.56. The van der Waals surface area contributed by atoms with Crippen molar-refractivity contribution < 1.29 is 4.74 Å². The molecule has 1 aliphatic carbocycles. The summed E-state index contributed by atoms with van der Waals surface area (Å²) in [6.07, 6.45) is 6.64. The van der Waals surface area contributed by atoms with Crippen molar-refractivity contribution >= 4 is 5.82 Å². The van der Waals surface area contributed by atoms with Gasteiger partial charge in [-0.05, 0) is 31.7 Å². The molecule has 0 amide bonds. The average molecular weight is 248 g/mol. The number of rotatable bonds is 4. The monoisotopic (exact) mass is 248 g/mol. The fraction of sp³-hybridized carbons (Fsp3) is 0.667. The van der Waals surface area contributed by atoms with Crippen LogP contribution in [0.2, 0.25) is 0 Å². The van der Waals surface area contributed by atoms with Gasteiger partial charge in [0.05, 0.1) is 6.61 Å². The largest absolute Gasteiger partial charge is 0.478 e. The van der Waals surface area contributed by atoms with Gasteiger partial charge in [0.25, 0.3) is 0 Å².